The van der Waals surface area contributed by atoms with Crippen LogP contribution in [0.5, 0.6) is 5.75 Å². The molecule has 1 aromatic heterocycles. The molecule has 0 bridgehead atoms. The minimum Gasteiger partial charge on any atom is -0.489 e. The van der Waals surface area contributed by atoms with Crippen molar-refractivity contribution in [2.24, 2.45) is 7.05 Å². The second-order valence-corrected chi connectivity index (χ2v) is 6.07. The van der Waals surface area contributed by atoms with Crippen molar-refractivity contribution in [3.63, 3.8) is 0 Å². The fraction of sp³-hybridized carbons (Fsp3) is 0.389. The Bertz CT molecular complexity index is 878. The summed E-state index contributed by atoms with van der Waals surface area (Å²) in [6.45, 7) is 3.17. The van der Waals surface area contributed by atoms with E-state index in [2.05, 4.69) is 10.3 Å². The number of ether oxygens (including phenoxy) is 2. The second-order valence-electron chi connectivity index (χ2n) is 6.07. The summed E-state index contributed by atoms with van der Waals surface area (Å²) in [5.41, 5.74) is 1.69. The minimum absolute atomic E-state index is 0.105. The monoisotopic (exact) mass is 358 g/mol. The number of benzene rings is 1. The maximum Gasteiger partial charge on any atom is 0.322 e. The average Bonchev–Trinajstić information content (AvgIpc) is 3.05. The Morgan fingerprint density at radius 1 is 1.27 bits per heavy atom. The molecule has 0 spiro atoms. The summed E-state index contributed by atoms with van der Waals surface area (Å²) < 4.78 is 12.1. The lowest BCUT2D eigenvalue weighted by atomic mass is 10.2. The molecule has 1 aromatic carbocycles. The van der Waals surface area contributed by atoms with Gasteiger partial charge < -0.3 is 19.7 Å². The largest absolute Gasteiger partial charge is 0.489 e. The number of carbonyl (C=O) groups excluding carboxylic acids is 1. The molecule has 26 heavy (non-hydrogen) atoms. The first kappa shape index (κ1) is 17.9. The van der Waals surface area contributed by atoms with Gasteiger partial charge in [0.2, 0.25) is 0 Å². The molecule has 0 unspecified atom stereocenters. The molecular formula is C18H22N4O4. The molecule has 8 heteroatoms. The highest BCUT2D eigenvalue weighted by atomic mass is 16.5. The number of rotatable bonds is 5. The average molecular weight is 358 g/mol. The zero-order valence-corrected chi connectivity index (χ0v) is 15.1. The summed E-state index contributed by atoms with van der Waals surface area (Å²) in [7, 11) is 3.28. The third kappa shape index (κ3) is 3.55. The van der Waals surface area contributed by atoms with Gasteiger partial charge in [0.15, 0.2) is 0 Å². The number of amides is 2. The van der Waals surface area contributed by atoms with Crippen LogP contribution in [0.15, 0.2) is 29.1 Å². The standard InChI is InChI=1S/C18H22N4O4/c1-12-19-15-11-22(10-13(15)17(23)21(12)2)18(24)20-14-6-4-5-7-16(14)26-9-8-25-3/h4-7H,8-11H2,1-3H3,(H,20,24). The zero-order valence-electron chi connectivity index (χ0n) is 15.1. The van der Waals surface area contributed by atoms with Gasteiger partial charge in [-0.2, -0.15) is 0 Å². The molecular weight excluding hydrogens is 336 g/mol. The van der Waals surface area contributed by atoms with E-state index in [9.17, 15) is 9.59 Å². The van der Waals surface area contributed by atoms with Gasteiger partial charge in [0.25, 0.3) is 5.56 Å². The highest BCUT2D eigenvalue weighted by Crippen LogP contribution is 2.25. The van der Waals surface area contributed by atoms with E-state index >= 15 is 0 Å². The number of aromatic nitrogens is 2. The van der Waals surface area contributed by atoms with Crippen molar-refractivity contribution in [2.45, 2.75) is 20.0 Å². The van der Waals surface area contributed by atoms with Gasteiger partial charge >= 0.3 is 6.03 Å². The lowest BCUT2D eigenvalue weighted by Crippen LogP contribution is -2.31. The molecule has 0 aliphatic carbocycles. The van der Waals surface area contributed by atoms with E-state index in [1.807, 2.05) is 12.1 Å². The van der Waals surface area contributed by atoms with E-state index in [-0.39, 0.29) is 18.1 Å². The van der Waals surface area contributed by atoms with E-state index in [4.69, 9.17) is 9.47 Å². The SMILES string of the molecule is COCCOc1ccccc1NC(=O)N1Cc2nc(C)n(C)c(=O)c2C1. The first-order valence-electron chi connectivity index (χ1n) is 8.33. The van der Waals surface area contributed by atoms with Crippen LogP contribution >= 0.6 is 0 Å². The number of fused-ring (bicyclic) bond motifs is 1. The Kier molecular flexibility index (Phi) is 5.22. The molecule has 2 aromatic rings. The van der Waals surface area contributed by atoms with Crippen LogP contribution in [0.4, 0.5) is 10.5 Å². The van der Waals surface area contributed by atoms with Crippen molar-refractivity contribution in [3.05, 3.63) is 51.7 Å². The highest BCUT2D eigenvalue weighted by molar-refractivity contribution is 5.91. The zero-order chi connectivity index (χ0) is 18.7. The molecule has 0 fully saturated rings. The van der Waals surface area contributed by atoms with Gasteiger partial charge in [0.1, 0.15) is 18.2 Å². The molecule has 0 saturated carbocycles. The van der Waals surface area contributed by atoms with Crippen LogP contribution in [0.25, 0.3) is 0 Å². The van der Waals surface area contributed by atoms with Crippen molar-refractivity contribution in [1.82, 2.24) is 14.5 Å². The molecule has 0 atom stereocenters. The lowest BCUT2D eigenvalue weighted by Gasteiger charge is -2.18. The molecule has 1 aliphatic rings. The lowest BCUT2D eigenvalue weighted by molar-refractivity contribution is 0.146. The predicted molar refractivity (Wildman–Crippen MR) is 96.3 cm³/mol. The third-order valence-electron chi connectivity index (χ3n) is 4.34. The molecule has 8 nitrogen and oxygen atoms in total. The van der Waals surface area contributed by atoms with E-state index < -0.39 is 0 Å². The Morgan fingerprint density at radius 2 is 2.04 bits per heavy atom. The van der Waals surface area contributed by atoms with Crippen LogP contribution in [0, 0.1) is 6.92 Å². The Balaban J connectivity index is 1.72. The number of anilines is 1. The quantitative estimate of drug-likeness (QED) is 0.822. The maximum absolute atomic E-state index is 12.6. The first-order valence-corrected chi connectivity index (χ1v) is 8.33. The van der Waals surface area contributed by atoms with Gasteiger partial charge in [0.05, 0.1) is 36.6 Å². The van der Waals surface area contributed by atoms with Gasteiger partial charge in [-0.15, -0.1) is 0 Å². The van der Waals surface area contributed by atoms with Gasteiger partial charge in [-0.25, -0.2) is 9.78 Å². The second kappa shape index (κ2) is 7.57. The predicted octanol–water partition coefficient (Wildman–Crippen LogP) is 1.66. The smallest absolute Gasteiger partial charge is 0.322 e. The number of urea groups is 1. The Hall–Kier alpha value is -2.87. The van der Waals surface area contributed by atoms with E-state index in [1.54, 1.807) is 38.1 Å². The molecule has 1 N–H and O–H groups in total. The summed E-state index contributed by atoms with van der Waals surface area (Å²) >= 11 is 0. The van der Waals surface area contributed by atoms with Gasteiger partial charge in [-0.3, -0.25) is 9.36 Å². The highest BCUT2D eigenvalue weighted by Gasteiger charge is 2.28. The van der Waals surface area contributed by atoms with E-state index in [1.165, 1.54) is 4.57 Å². The molecule has 0 radical (unpaired) electrons. The Labute approximate surface area is 151 Å². The topological polar surface area (TPSA) is 85.7 Å². The number of aryl methyl sites for hydroxylation is 1. The van der Waals surface area contributed by atoms with Crippen molar-refractivity contribution in [2.75, 3.05) is 25.6 Å². The molecule has 1 aliphatic heterocycles. The fourth-order valence-corrected chi connectivity index (χ4v) is 2.80. The Morgan fingerprint density at radius 3 is 2.81 bits per heavy atom. The van der Waals surface area contributed by atoms with Crippen molar-refractivity contribution in [1.29, 1.82) is 0 Å². The van der Waals surface area contributed by atoms with Crippen LogP contribution in [0.2, 0.25) is 0 Å². The summed E-state index contributed by atoms with van der Waals surface area (Å²) in [6, 6.07) is 6.90. The number of nitrogens with one attached hydrogen (secondary N) is 1. The number of carbonyl (C=O) groups is 1. The normalized spacial score (nSPS) is 12.8. The molecule has 3 rings (SSSR count). The maximum atomic E-state index is 12.6. The van der Waals surface area contributed by atoms with Gasteiger partial charge in [-0.05, 0) is 19.1 Å². The fourth-order valence-electron chi connectivity index (χ4n) is 2.80. The van der Waals surface area contributed by atoms with Crippen LogP contribution in [-0.2, 0) is 24.9 Å². The molecule has 2 heterocycles. The van der Waals surface area contributed by atoms with Crippen LogP contribution in [0.3, 0.4) is 0 Å². The summed E-state index contributed by atoms with van der Waals surface area (Å²) in [5.74, 6) is 1.20. The van der Waals surface area contributed by atoms with Crippen molar-refractivity contribution in [3.8, 4) is 5.75 Å². The third-order valence-corrected chi connectivity index (χ3v) is 4.34. The number of nitrogens with zero attached hydrogens (tertiary/aromatic N) is 3. The summed E-state index contributed by atoms with van der Waals surface area (Å²) in [6.07, 6.45) is 0. The number of hydrogen-bond donors (Lipinski definition) is 1. The van der Waals surface area contributed by atoms with Crippen LogP contribution < -0.4 is 15.6 Å². The number of para-hydroxylation sites is 2. The number of methoxy groups -OCH3 is 1. The van der Waals surface area contributed by atoms with Crippen molar-refractivity contribution >= 4 is 11.7 Å². The molecule has 138 valence electrons. The minimum atomic E-state index is -0.300. The van der Waals surface area contributed by atoms with Crippen LogP contribution in [-0.4, -0.2) is 40.8 Å². The van der Waals surface area contributed by atoms with Gasteiger partial charge in [-0.1, -0.05) is 12.1 Å². The number of hydrogen-bond acceptors (Lipinski definition) is 5. The summed E-state index contributed by atoms with van der Waals surface area (Å²) in [4.78, 5) is 31.0. The van der Waals surface area contributed by atoms with Gasteiger partial charge in [0, 0.05) is 14.2 Å². The summed E-state index contributed by atoms with van der Waals surface area (Å²) in [5, 5.41) is 2.85. The van der Waals surface area contributed by atoms with Crippen molar-refractivity contribution < 1.29 is 14.3 Å². The van der Waals surface area contributed by atoms with Crippen LogP contribution in [0.1, 0.15) is 17.1 Å². The molecule has 0 saturated heterocycles. The first-order chi connectivity index (χ1) is 12.5. The van der Waals surface area contributed by atoms with E-state index in [0.29, 0.717) is 48.3 Å². The molecule has 2 amide bonds. The van der Waals surface area contributed by atoms with E-state index in [0.717, 1.165) is 0 Å².